The molecule has 0 aromatic heterocycles. The Hall–Kier alpha value is -2.67. The van der Waals surface area contributed by atoms with Gasteiger partial charge in [0.25, 0.3) is 5.91 Å². The predicted molar refractivity (Wildman–Crippen MR) is 83.3 cm³/mol. The number of hydrogen-bond acceptors (Lipinski definition) is 6. The van der Waals surface area contributed by atoms with Crippen molar-refractivity contribution >= 4 is 17.8 Å². The monoisotopic (exact) mass is 330 g/mol. The van der Waals surface area contributed by atoms with Crippen LogP contribution in [-0.4, -0.2) is 42.9 Å². The van der Waals surface area contributed by atoms with Gasteiger partial charge in [-0.2, -0.15) is 0 Å². The number of amides is 1. The average Bonchev–Trinajstić information content (AvgIpc) is 3.21. The maximum atomic E-state index is 13.0. The lowest BCUT2D eigenvalue weighted by Gasteiger charge is -2.28. The number of hydrogen-bond donors (Lipinski definition) is 1. The van der Waals surface area contributed by atoms with Gasteiger partial charge in [0, 0.05) is 18.7 Å². The maximum absolute atomic E-state index is 13.0. The van der Waals surface area contributed by atoms with Crippen LogP contribution in [0, 0.1) is 0 Å². The summed E-state index contributed by atoms with van der Waals surface area (Å²) in [6.07, 6.45) is 1.73. The van der Waals surface area contributed by atoms with E-state index in [0.717, 1.165) is 20.0 Å². The molecule has 1 aromatic carbocycles. The molecule has 0 bridgehead atoms. The summed E-state index contributed by atoms with van der Waals surface area (Å²) in [7, 11) is 1.14. The molecule has 2 N–H and O–H groups in total. The standard InChI is InChI=1S/C17H18N2O5/c1-23-15(21)12-13(14(20)19-9-5-6-10-19)17(18,24-16(12)22)11-7-3-2-4-8-11/h2-4,7-8H,5-6,9-10,18H2,1H3. The van der Waals surface area contributed by atoms with Crippen molar-refractivity contribution in [2.75, 3.05) is 20.2 Å². The Morgan fingerprint density at radius 1 is 1.21 bits per heavy atom. The van der Waals surface area contributed by atoms with Crippen LogP contribution in [0.15, 0.2) is 41.5 Å². The van der Waals surface area contributed by atoms with Crippen LogP contribution < -0.4 is 5.73 Å². The molecular formula is C17H18N2O5. The predicted octanol–water partition coefficient (Wildman–Crippen LogP) is 0.447. The lowest BCUT2D eigenvalue weighted by Crippen LogP contribution is -2.45. The lowest BCUT2D eigenvalue weighted by molar-refractivity contribution is -0.150. The fourth-order valence-corrected chi connectivity index (χ4v) is 3.06. The number of nitrogens with zero attached hydrogens (tertiary/aromatic N) is 1. The zero-order chi connectivity index (χ0) is 17.3. The minimum Gasteiger partial charge on any atom is -0.465 e. The minimum absolute atomic E-state index is 0.160. The Morgan fingerprint density at radius 3 is 2.42 bits per heavy atom. The number of benzene rings is 1. The van der Waals surface area contributed by atoms with Gasteiger partial charge in [0.1, 0.15) is 5.57 Å². The van der Waals surface area contributed by atoms with E-state index in [4.69, 9.17) is 10.5 Å². The fraction of sp³-hybridized carbons (Fsp3) is 0.353. The lowest BCUT2D eigenvalue weighted by atomic mass is 9.92. The topological polar surface area (TPSA) is 98.9 Å². The smallest absolute Gasteiger partial charge is 0.348 e. The molecule has 1 unspecified atom stereocenters. The molecule has 2 aliphatic rings. The van der Waals surface area contributed by atoms with Crippen molar-refractivity contribution in [2.24, 2.45) is 5.73 Å². The number of likely N-dealkylation sites (tertiary alicyclic amines) is 1. The molecule has 0 aliphatic carbocycles. The van der Waals surface area contributed by atoms with Gasteiger partial charge in [0.05, 0.1) is 7.11 Å². The summed E-state index contributed by atoms with van der Waals surface area (Å²) >= 11 is 0. The van der Waals surface area contributed by atoms with Crippen molar-refractivity contribution in [3.8, 4) is 0 Å². The molecule has 7 heteroatoms. The fourth-order valence-electron chi connectivity index (χ4n) is 3.06. The molecule has 1 saturated heterocycles. The van der Waals surface area contributed by atoms with Crippen molar-refractivity contribution in [3.63, 3.8) is 0 Å². The van der Waals surface area contributed by atoms with Crippen LogP contribution in [0.2, 0.25) is 0 Å². The first kappa shape index (κ1) is 16.2. The van der Waals surface area contributed by atoms with E-state index in [0.29, 0.717) is 18.7 Å². The number of methoxy groups -OCH3 is 1. The number of nitrogens with two attached hydrogens (primary N) is 1. The number of rotatable bonds is 3. The van der Waals surface area contributed by atoms with Gasteiger partial charge >= 0.3 is 11.9 Å². The molecule has 0 radical (unpaired) electrons. The molecule has 24 heavy (non-hydrogen) atoms. The van der Waals surface area contributed by atoms with Crippen LogP contribution >= 0.6 is 0 Å². The molecule has 7 nitrogen and oxygen atoms in total. The van der Waals surface area contributed by atoms with E-state index in [1.165, 1.54) is 0 Å². The van der Waals surface area contributed by atoms with Gasteiger partial charge in [-0.15, -0.1) is 0 Å². The summed E-state index contributed by atoms with van der Waals surface area (Å²) in [5, 5.41) is 0. The van der Waals surface area contributed by atoms with Crippen LogP contribution in [0.1, 0.15) is 18.4 Å². The van der Waals surface area contributed by atoms with Gasteiger partial charge in [-0.3, -0.25) is 10.5 Å². The summed E-state index contributed by atoms with van der Waals surface area (Å²) in [5.41, 5.74) is 4.33. The second-order valence-corrected chi connectivity index (χ2v) is 5.73. The van der Waals surface area contributed by atoms with Crippen molar-refractivity contribution in [2.45, 2.75) is 18.6 Å². The molecule has 0 spiro atoms. The normalized spacial score (nSPS) is 23.4. The van der Waals surface area contributed by atoms with Gasteiger partial charge < -0.3 is 14.4 Å². The van der Waals surface area contributed by atoms with Crippen molar-refractivity contribution < 1.29 is 23.9 Å². The minimum atomic E-state index is -1.80. The first-order chi connectivity index (χ1) is 11.5. The molecule has 1 fully saturated rings. The van der Waals surface area contributed by atoms with Gasteiger partial charge in [0.15, 0.2) is 5.57 Å². The largest absolute Gasteiger partial charge is 0.465 e. The Morgan fingerprint density at radius 2 is 1.83 bits per heavy atom. The third kappa shape index (κ3) is 2.46. The Balaban J connectivity index is 2.15. The quantitative estimate of drug-likeness (QED) is 0.638. The highest BCUT2D eigenvalue weighted by Gasteiger charge is 2.53. The summed E-state index contributed by atoms with van der Waals surface area (Å²) < 4.78 is 9.93. The molecule has 3 rings (SSSR count). The molecular weight excluding hydrogens is 312 g/mol. The number of esters is 2. The van der Waals surface area contributed by atoms with Gasteiger partial charge in [-0.1, -0.05) is 30.3 Å². The maximum Gasteiger partial charge on any atom is 0.348 e. The van der Waals surface area contributed by atoms with Crippen LogP contribution in [0.4, 0.5) is 0 Å². The molecule has 2 heterocycles. The molecule has 1 aromatic rings. The Bertz CT molecular complexity index is 722. The van der Waals surface area contributed by atoms with Crippen molar-refractivity contribution in [3.05, 3.63) is 47.0 Å². The highest BCUT2D eigenvalue weighted by atomic mass is 16.6. The number of ether oxygens (including phenoxy) is 2. The summed E-state index contributed by atoms with van der Waals surface area (Å²) in [5.74, 6) is -2.34. The third-order valence-electron chi connectivity index (χ3n) is 4.28. The van der Waals surface area contributed by atoms with Crippen molar-refractivity contribution in [1.29, 1.82) is 0 Å². The van der Waals surface area contributed by atoms with Crippen LogP contribution in [0.25, 0.3) is 0 Å². The first-order valence-corrected chi connectivity index (χ1v) is 7.69. The van der Waals surface area contributed by atoms with Gasteiger partial charge in [-0.25, -0.2) is 9.59 Å². The second kappa shape index (κ2) is 6.09. The van der Waals surface area contributed by atoms with Gasteiger partial charge in [0.2, 0.25) is 5.72 Å². The van der Waals surface area contributed by atoms with E-state index in [1.807, 2.05) is 0 Å². The zero-order valence-electron chi connectivity index (χ0n) is 13.3. The van der Waals surface area contributed by atoms with E-state index in [9.17, 15) is 14.4 Å². The van der Waals surface area contributed by atoms with E-state index in [1.54, 1.807) is 35.2 Å². The van der Waals surface area contributed by atoms with Gasteiger partial charge in [-0.05, 0) is 12.8 Å². The molecule has 2 aliphatic heterocycles. The molecule has 0 saturated carbocycles. The van der Waals surface area contributed by atoms with E-state index in [-0.39, 0.29) is 5.57 Å². The number of carbonyl (C=O) groups excluding carboxylic acids is 3. The van der Waals surface area contributed by atoms with E-state index in [2.05, 4.69) is 4.74 Å². The molecule has 1 atom stereocenters. The van der Waals surface area contributed by atoms with Crippen LogP contribution in [0.3, 0.4) is 0 Å². The van der Waals surface area contributed by atoms with Crippen LogP contribution in [-0.2, 0) is 29.6 Å². The van der Waals surface area contributed by atoms with Crippen molar-refractivity contribution in [1.82, 2.24) is 4.90 Å². The Kier molecular flexibility index (Phi) is 4.11. The second-order valence-electron chi connectivity index (χ2n) is 5.73. The summed E-state index contributed by atoms with van der Waals surface area (Å²) in [6, 6.07) is 8.49. The third-order valence-corrected chi connectivity index (χ3v) is 4.28. The number of cyclic esters (lactones) is 1. The van der Waals surface area contributed by atoms with Crippen LogP contribution in [0.5, 0.6) is 0 Å². The highest BCUT2D eigenvalue weighted by molar-refractivity contribution is 6.22. The average molecular weight is 330 g/mol. The molecule has 126 valence electrons. The summed E-state index contributed by atoms with van der Waals surface area (Å²) in [6.45, 7) is 1.10. The van der Waals surface area contributed by atoms with E-state index >= 15 is 0 Å². The number of carbonyl (C=O) groups is 3. The SMILES string of the molecule is COC(=O)C1=C(C(=O)N2CCCC2)C(N)(c2ccccc2)OC1=O. The highest BCUT2D eigenvalue weighted by Crippen LogP contribution is 2.39. The summed E-state index contributed by atoms with van der Waals surface area (Å²) in [4.78, 5) is 38.9. The van der Waals surface area contributed by atoms with E-state index < -0.39 is 29.1 Å². The first-order valence-electron chi connectivity index (χ1n) is 7.69. The molecule has 1 amide bonds. The zero-order valence-corrected chi connectivity index (χ0v) is 13.3. The Labute approximate surface area is 139 Å².